The van der Waals surface area contributed by atoms with E-state index in [1.54, 1.807) is 0 Å². The van der Waals surface area contributed by atoms with Gasteiger partial charge in [-0.1, -0.05) is 80.9 Å². The third kappa shape index (κ3) is 5.49. The monoisotopic (exact) mass is 311 g/mol. The van der Waals surface area contributed by atoms with Crippen LogP contribution in [0.25, 0.3) is 0 Å². The summed E-state index contributed by atoms with van der Waals surface area (Å²) < 4.78 is 0. The number of aliphatic hydroxyl groups excluding tert-OH is 1. The molecule has 3 unspecified atom stereocenters. The van der Waals surface area contributed by atoms with Gasteiger partial charge < -0.3 is 10.4 Å². The Morgan fingerprint density at radius 2 is 1.52 bits per heavy atom. The van der Waals surface area contributed by atoms with Crippen LogP contribution in [0.5, 0.6) is 0 Å². The molecule has 2 rings (SSSR count). The number of rotatable bonds is 9. The van der Waals surface area contributed by atoms with E-state index in [9.17, 15) is 5.11 Å². The van der Waals surface area contributed by atoms with E-state index in [-0.39, 0.29) is 18.2 Å². The van der Waals surface area contributed by atoms with Gasteiger partial charge in [-0.25, -0.2) is 0 Å². The normalized spacial score (nSPS) is 15.1. The zero-order valence-electron chi connectivity index (χ0n) is 14.3. The summed E-state index contributed by atoms with van der Waals surface area (Å²) in [4.78, 5) is 0. The van der Waals surface area contributed by atoms with Gasteiger partial charge in [0.25, 0.3) is 0 Å². The molecule has 0 saturated carbocycles. The predicted molar refractivity (Wildman–Crippen MR) is 97.5 cm³/mol. The molecular formula is C21H29NO. The van der Waals surface area contributed by atoms with Gasteiger partial charge in [0, 0.05) is 12.1 Å². The summed E-state index contributed by atoms with van der Waals surface area (Å²) in [5.74, 6) is 0. The minimum Gasteiger partial charge on any atom is -0.392 e. The molecule has 2 nitrogen and oxygen atoms in total. The molecule has 23 heavy (non-hydrogen) atoms. The van der Waals surface area contributed by atoms with Gasteiger partial charge in [0.2, 0.25) is 0 Å². The molecule has 3 atom stereocenters. The van der Waals surface area contributed by atoms with E-state index in [2.05, 4.69) is 67.7 Å². The lowest BCUT2D eigenvalue weighted by Crippen LogP contribution is -2.42. The first-order chi connectivity index (χ1) is 11.2. The Kier molecular flexibility index (Phi) is 7.31. The Labute approximate surface area is 140 Å². The standard InChI is InChI=1S/C21H29NO/c1-3-11-21(23)19(4-2)22-20(18-14-9-6-10-15-18)16-17-12-7-5-8-13-17/h5-10,12-15,19-23H,3-4,11,16H2,1-2H3. The van der Waals surface area contributed by atoms with E-state index < -0.39 is 0 Å². The molecule has 124 valence electrons. The molecule has 0 aliphatic rings. The first-order valence-corrected chi connectivity index (χ1v) is 8.77. The van der Waals surface area contributed by atoms with Crippen LogP contribution in [0.1, 0.15) is 50.3 Å². The maximum Gasteiger partial charge on any atom is 0.0693 e. The first-order valence-electron chi connectivity index (χ1n) is 8.77. The van der Waals surface area contributed by atoms with Gasteiger partial charge in [0.1, 0.15) is 0 Å². The van der Waals surface area contributed by atoms with Crippen LogP contribution >= 0.6 is 0 Å². The second kappa shape index (κ2) is 9.49. The number of benzene rings is 2. The van der Waals surface area contributed by atoms with Crippen LogP contribution in [0.2, 0.25) is 0 Å². The summed E-state index contributed by atoms with van der Waals surface area (Å²) in [5, 5.41) is 14.1. The lowest BCUT2D eigenvalue weighted by atomic mass is 9.95. The molecule has 0 spiro atoms. The lowest BCUT2D eigenvalue weighted by Gasteiger charge is -2.29. The van der Waals surface area contributed by atoms with E-state index in [1.165, 1.54) is 11.1 Å². The minimum atomic E-state index is -0.285. The van der Waals surface area contributed by atoms with Crippen molar-refractivity contribution in [1.82, 2.24) is 5.32 Å². The van der Waals surface area contributed by atoms with Gasteiger partial charge in [-0.15, -0.1) is 0 Å². The number of nitrogens with one attached hydrogen (secondary N) is 1. The van der Waals surface area contributed by atoms with Gasteiger partial charge in [-0.05, 0) is 30.4 Å². The number of aliphatic hydroxyl groups is 1. The highest BCUT2D eigenvalue weighted by molar-refractivity contribution is 5.24. The average molecular weight is 311 g/mol. The molecule has 0 fully saturated rings. The second-order valence-corrected chi connectivity index (χ2v) is 6.19. The van der Waals surface area contributed by atoms with E-state index in [1.807, 2.05) is 12.1 Å². The van der Waals surface area contributed by atoms with Crippen LogP contribution in [0, 0.1) is 0 Å². The highest BCUT2D eigenvalue weighted by atomic mass is 16.3. The third-order valence-electron chi connectivity index (χ3n) is 4.39. The topological polar surface area (TPSA) is 32.3 Å². The van der Waals surface area contributed by atoms with Crippen molar-refractivity contribution in [2.24, 2.45) is 0 Å². The van der Waals surface area contributed by atoms with Crippen LogP contribution in [0.3, 0.4) is 0 Å². The Hall–Kier alpha value is -1.64. The molecule has 0 saturated heterocycles. The van der Waals surface area contributed by atoms with Crippen molar-refractivity contribution in [3.05, 3.63) is 71.8 Å². The van der Waals surface area contributed by atoms with E-state index in [0.717, 1.165) is 25.7 Å². The van der Waals surface area contributed by atoms with Gasteiger partial charge in [0.15, 0.2) is 0 Å². The molecule has 0 radical (unpaired) electrons. The Morgan fingerprint density at radius 3 is 2.09 bits per heavy atom. The van der Waals surface area contributed by atoms with Gasteiger partial charge in [-0.3, -0.25) is 0 Å². The van der Waals surface area contributed by atoms with Crippen molar-refractivity contribution in [2.45, 2.75) is 57.7 Å². The molecule has 0 aliphatic heterocycles. The van der Waals surface area contributed by atoms with E-state index in [0.29, 0.717) is 0 Å². The SMILES string of the molecule is CCCC(O)C(CC)NC(Cc1ccccc1)c1ccccc1. The summed E-state index contributed by atoms with van der Waals surface area (Å²) >= 11 is 0. The zero-order chi connectivity index (χ0) is 16.5. The smallest absolute Gasteiger partial charge is 0.0693 e. The minimum absolute atomic E-state index is 0.129. The molecule has 0 aromatic heterocycles. The van der Waals surface area contributed by atoms with Gasteiger partial charge in [0.05, 0.1) is 6.10 Å². The van der Waals surface area contributed by atoms with Crippen LogP contribution in [0.4, 0.5) is 0 Å². The predicted octanol–water partition coefficient (Wildman–Crippen LogP) is 4.50. The molecule has 0 amide bonds. The highest BCUT2D eigenvalue weighted by Crippen LogP contribution is 2.21. The van der Waals surface area contributed by atoms with E-state index >= 15 is 0 Å². The Bertz CT molecular complexity index is 540. The van der Waals surface area contributed by atoms with E-state index in [4.69, 9.17) is 0 Å². The largest absolute Gasteiger partial charge is 0.392 e. The lowest BCUT2D eigenvalue weighted by molar-refractivity contribution is 0.108. The molecule has 0 heterocycles. The summed E-state index contributed by atoms with van der Waals surface area (Å²) in [6.07, 6.45) is 3.43. The van der Waals surface area contributed by atoms with Crippen molar-refractivity contribution in [3.8, 4) is 0 Å². The molecule has 2 heteroatoms. The Balaban J connectivity index is 2.16. The molecular weight excluding hydrogens is 282 g/mol. The summed E-state index contributed by atoms with van der Waals surface area (Å²) in [7, 11) is 0. The summed E-state index contributed by atoms with van der Waals surface area (Å²) in [6, 6.07) is 21.4. The highest BCUT2D eigenvalue weighted by Gasteiger charge is 2.21. The third-order valence-corrected chi connectivity index (χ3v) is 4.39. The fraction of sp³-hybridized carbons (Fsp3) is 0.429. The van der Waals surface area contributed by atoms with Gasteiger partial charge in [-0.2, -0.15) is 0 Å². The zero-order valence-corrected chi connectivity index (χ0v) is 14.3. The van der Waals surface area contributed by atoms with Crippen LogP contribution in [0.15, 0.2) is 60.7 Å². The number of hydrogen-bond donors (Lipinski definition) is 2. The molecule has 2 aromatic rings. The quantitative estimate of drug-likeness (QED) is 0.714. The van der Waals surface area contributed by atoms with Crippen LogP contribution < -0.4 is 5.32 Å². The Morgan fingerprint density at radius 1 is 0.913 bits per heavy atom. The molecule has 2 N–H and O–H groups in total. The first kappa shape index (κ1) is 17.7. The second-order valence-electron chi connectivity index (χ2n) is 6.19. The van der Waals surface area contributed by atoms with Crippen LogP contribution in [-0.2, 0) is 6.42 Å². The van der Waals surface area contributed by atoms with Gasteiger partial charge >= 0.3 is 0 Å². The summed E-state index contributed by atoms with van der Waals surface area (Å²) in [5.41, 5.74) is 2.59. The van der Waals surface area contributed by atoms with Crippen molar-refractivity contribution >= 4 is 0 Å². The maximum atomic E-state index is 10.4. The fourth-order valence-electron chi connectivity index (χ4n) is 3.06. The van der Waals surface area contributed by atoms with Crippen molar-refractivity contribution in [1.29, 1.82) is 0 Å². The summed E-state index contributed by atoms with van der Waals surface area (Å²) in [6.45, 7) is 4.26. The average Bonchev–Trinajstić information content (AvgIpc) is 2.60. The fourth-order valence-corrected chi connectivity index (χ4v) is 3.06. The molecule has 2 aromatic carbocycles. The molecule has 0 bridgehead atoms. The van der Waals surface area contributed by atoms with Crippen molar-refractivity contribution in [2.75, 3.05) is 0 Å². The van der Waals surface area contributed by atoms with Crippen molar-refractivity contribution < 1.29 is 5.11 Å². The van der Waals surface area contributed by atoms with Crippen LogP contribution in [-0.4, -0.2) is 17.3 Å². The number of hydrogen-bond acceptors (Lipinski definition) is 2. The van der Waals surface area contributed by atoms with Crippen molar-refractivity contribution in [3.63, 3.8) is 0 Å². The molecule has 0 aliphatic carbocycles. The maximum absolute atomic E-state index is 10.4.